The Balaban J connectivity index is 1.56. The molecule has 1 fully saturated rings. The highest BCUT2D eigenvalue weighted by Gasteiger charge is 2.24. The highest BCUT2D eigenvalue weighted by molar-refractivity contribution is 8.18. The van der Waals surface area contributed by atoms with Gasteiger partial charge in [0.2, 0.25) is 0 Å². The number of nitrogens with zero attached hydrogens (tertiary/aromatic N) is 1. The number of fused-ring (bicyclic) bond motifs is 1. The first-order chi connectivity index (χ1) is 12.2. The van der Waals surface area contributed by atoms with E-state index in [9.17, 15) is 9.59 Å². The van der Waals surface area contributed by atoms with E-state index in [2.05, 4.69) is 52.5 Å². The molecule has 0 saturated carbocycles. The maximum absolute atomic E-state index is 11.7. The van der Waals surface area contributed by atoms with Crippen LogP contribution in [-0.4, -0.2) is 15.7 Å². The molecule has 0 aliphatic carbocycles. The van der Waals surface area contributed by atoms with E-state index in [0.717, 1.165) is 41.2 Å². The molecule has 1 saturated heterocycles. The number of carbonyl (C=O) groups excluding carboxylic acids is 2. The molecule has 1 N–H and O–H groups in total. The van der Waals surface area contributed by atoms with Gasteiger partial charge in [0.25, 0.3) is 11.1 Å². The van der Waals surface area contributed by atoms with Crippen molar-refractivity contribution in [2.45, 2.75) is 13.0 Å². The van der Waals surface area contributed by atoms with Gasteiger partial charge in [-0.05, 0) is 53.6 Å². The Kier molecular flexibility index (Phi) is 4.15. The molecule has 1 aliphatic rings. The van der Waals surface area contributed by atoms with Crippen LogP contribution in [0.5, 0.6) is 0 Å². The number of aryl methyl sites for hydroxylation is 2. The summed E-state index contributed by atoms with van der Waals surface area (Å²) < 4.78 is 2.24. The number of hydrogen-bond acceptors (Lipinski definition) is 3. The van der Waals surface area contributed by atoms with Gasteiger partial charge in [0.05, 0.1) is 4.91 Å². The molecule has 0 unspecified atom stereocenters. The number of amides is 2. The largest absolute Gasteiger partial charge is 0.347 e. The lowest BCUT2D eigenvalue weighted by Crippen LogP contribution is -2.17. The van der Waals surface area contributed by atoms with Crippen LogP contribution in [0.15, 0.2) is 65.7 Å². The van der Waals surface area contributed by atoms with Gasteiger partial charge in [-0.3, -0.25) is 14.9 Å². The van der Waals surface area contributed by atoms with Crippen LogP contribution in [0.3, 0.4) is 0 Å². The average Bonchev–Trinajstić information content (AvgIpc) is 3.16. The van der Waals surface area contributed by atoms with Crippen molar-refractivity contribution in [2.24, 2.45) is 0 Å². The summed E-state index contributed by atoms with van der Waals surface area (Å²) in [6.07, 6.45) is 4.83. The van der Waals surface area contributed by atoms with Gasteiger partial charge in [-0.2, -0.15) is 0 Å². The zero-order chi connectivity index (χ0) is 17.2. The van der Waals surface area contributed by atoms with Crippen molar-refractivity contribution < 1.29 is 9.59 Å². The number of benzene rings is 2. The molecule has 1 aliphatic heterocycles. The van der Waals surface area contributed by atoms with E-state index in [-0.39, 0.29) is 11.1 Å². The van der Waals surface area contributed by atoms with Crippen LogP contribution >= 0.6 is 11.8 Å². The second-order valence-corrected chi connectivity index (χ2v) is 6.93. The Bertz CT molecular complexity index is 989. The third kappa shape index (κ3) is 3.37. The Morgan fingerprint density at radius 2 is 1.88 bits per heavy atom. The monoisotopic (exact) mass is 348 g/mol. The van der Waals surface area contributed by atoms with Gasteiger partial charge in [-0.25, -0.2) is 0 Å². The van der Waals surface area contributed by atoms with Crippen LogP contribution < -0.4 is 5.32 Å². The smallest absolute Gasteiger partial charge is 0.290 e. The summed E-state index contributed by atoms with van der Waals surface area (Å²) in [5.74, 6) is -0.324. The summed E-state index contributed by atoms with van der Waals surface area (Å²) in [5, 5.41) is 3.08. The number of rotatable bonds is 4. The lowest BCUT2D eigenvalue weighted by atomic mass is 10.1. The molecule has 124 valence electrons. The highest BCUT2D eigenvalue weighted by Crippen LogP contribution is 2.27. The summed E-state index contributed by atoms with van der Waals surface area (Å²) in [7, 11) is 0. The molecule has 3 aromatic rings. The van der Waals surface area contributed by atoms with Crippen molar-refractivity contribution in [1.29, 1.82) is 0 Å². The van der Waals surface area contributed by atoms with Crippen LogP contribution in [0, 0.1) is 0 Å². The SMILES string of the molecule is O=C1NC(=O)C(=Cc2ccc3c(ccn3CCc3ccccc3)c2)S1. The fourth-order valence-corrected chi connectivity index (χ4v) is 3.65. The predicted molar refractivity (Wildman–Crippen MR) is 101 cm³/mol. The minimum Gasteiger partial charge on any atom is -0.347 e. The zero-order valence-electron chi connectivity index (χ0n) is 13.4. The number of nitrogens with one attached hydrogen (secondary N) is 1. The van der Waals surface area contributed by atoms with Crippen molar-refractivity contribution in [3.63, 3.8) is 0 Å². The molecule has 0 radical (unpaired) electrons. The molecule has 5 heteroatoms. The number of aromatic nitrogens is 1. The minimum atomic E-state index is -0.324. The topological polar surface area (TPSA) is 51.1 Å². The average molecular weight is 348 g/mol. The Morgan fingerprint density at radius 1 is 1.04 bits per heavy atom. The maximum atomic E-state index is 11.7. The molecule has 2 aromatic carbocycles. The molecular formula is C20H16N2O2S. The Morgan fingerprint density at radius 3 is 2.64 bits per heavy atom. The molecule has 1 aromatic heterocycles. The third-order valence-electron chi connectivity index (χ3n) is 4.22. The van der Waals surface area contributed by atoms with Gasteiger partial charge in [-0.1, -0.05) is 36.4 Å². The predicted octanol–water partition coefficient (Wildman–Crippen LogP) is 4.21. The van der Waals surface area contributed by atoms with Gasteiger partial charge in [-0.15, -0.1) is 0 Å². The van der Waals surface area contributed by atoms with Crippen LogP contribution in [0.1, 0.15) is 11.1 Å². The van der Waals surface area contributed by atoms with Gasteiger partial charge < -0.3 is 4.57 Å². The third-order valence-corrected chi connectivity index (χ3v) is 5.03. The van der Waals surface area contributed by atoms with Crippen molar-refractivity contribution in [2.75, 3.05) is 0 Å². The number of hydrogen-bond donors (Lipinski definition) is 1. The van der Waals surface area contributed by atoms with E-state index in [1.54, 1.807) is 6.08 Å². The van der Waals surface area contributed by atoms with E-state index in [1.165, 1.54) is 5.56 Å². The van der Waals surface area contributed by atoms with E-state index < -0.39 is 0 Å². The van der Waals surface area contributed by atoms with Crippen LogP contribution in [0.2, 0.25) is 0 Å². The van der Waals surface area contributed by atoms with Crippen molar-refractivity contribution in [3.05, 3.63) is 76.8 Å². The molecule has 25 heavy (non-hydrogen) atoms. The van der Waals surface area contributed by atoms with E-state index in [1.807, 2.05) is 18.2 Å². The first-order valence-corrected chi connectivity index (χ1v) is 8.88. The van der Waals surface area contributed by atoms with Gasteiger partial charge in [0.15, 0.2) is 0 Å². The van der Waals surface area contributed by atoms with E-state index >= 15 is 0 Å². The van der Waals surface area contributed by atoms with Crippen LogP contribution in [-0.2, 0) is 17.8 Å². The fraction of sp³-hybridized carbons (Fsp3) is 0.100. The van der Waals surface area contributed by atoms with E-state index in [0.29, 0.717) is 4.91 Å². The second-order valence-electron chi connectivity index (χ2n) is 5.92. The number of carbonyl (C=O) groups is 2. The summed E-state index contributed by atoms with van der Waals surface area (Å²) >= 11 is 0.941. The van der Waals surface area contributed by atoms with E-state index in [4.69, 9.17) is 0 Å². The summed E-state index contributed by atoms with van der Waals surface area (Å²) in [6.45, 7) is 0.917. The fourth-order valence-electron chi connectivity index (χ4n) is 2.97. The van der Waals surface area contributed by atoms with Gasteiger partial charge in [0.1, 0.15) is 0 Å². The molecule has 0 spiro atoms. The molecule has 4 nitrogen and oxygen atoms in total. The summed E-state index contributed by atoms with van der Waals surface area (Å²) in [5.41, 5.74) is 3.40. The lowest BCUT2D eigenvalue weighted by Gasteiger charge is -2.06. The Hall–Kier alpha value is -2.79. The molecule has 0 bridgehead atoms. The number of thioether (sulfide) groups is 1. The van der Waals surface area contributed by atoms with Crippen molar-refractivity contribution in [1.82, 2.24) is 9.88 Å². The van der Waals surface area contributed by atoms with Gasteiger partial charge >= 0.3 is 0 Å². The zero-order valence-corrected chi connectivity index (χ0v) is 14.3. The van der Waals surface area contributed by atoms with Crippen LogP contribution in [0.25, 0.3) is 17.0 Å². The highest BCUT2D eigenvalue weighted by atomic mass is 32.2. The molecule has 0 atom stereocenters. The first kappa shape index (κ1) is 15.7. The second kappa shape index (κ2) is 6.61. The standard InChI is InChI=1S/C20H16N2O2S/c23-19-18(25-20(24)21-19)13-15-6-7-17-16(12-15)9-11-22(17)10-8-14-4-2-1-3-5-14/h1-7,9,11-13H,8,10H2,(H,21,23,24). The minimum absolute atomic E-state index is 0.315. The van der Waals surface area contributed by atoms with Crippen molar-refractivity contribution >= 4 is 39.9 Å². The maximum Gasteiger partial charge on any atom is 0.290 e. The first-order valence-electron chi connectivity index (χ1n) is 8.07. The summed E-state index contributed by atoms with van der Waals surface area (Å²) in [6, 6.07) is 18.6. The van der Waals surface area contributed by atoms with Crippen LogP contribution in [0.4, 0.5) is 4.79 Å². The number of imide groups is 1. The molecular weight excluding hydrogens is 332 g/mol. The molecule has 4 rings (SSSR count). The normalized spacial score (nSPS) is 15.9. The molecule has 2 heterocycles. The molecule has 2 amide bonds. The lowest BCUT2D eigenvalue weighted by molar-refractivity contribution is -0.115. The Labute approximate surface area is 149 Å². The van der Waals surface area contributed by atoms with Gasteiger partial charge in [0, 0.05) is 23.6 Å². The summed E-state index contributed by atoms with van der Waals surface area (Å²) in [4.78, 5) is 23.3. The van der Waals surface area contributed by atoms with Crippen molar-refractivity contribution in [3.8, 4) is 0 Å². The quantitative estimate of drug-likeness (QED) is 0.719.